The third-order valence-electron chi connectivity index (χ3n) is 4.58. The van der Waals surface area contributed by atoms with E-state index < -0.39 is 0 Å². The van der Waals surface area contributed by atoms with Gasteiger partial charge in [-0.15, -0.1) is 0 Å². The molecule has 1 aromatic heterocycles. The maximum absolute atomic E-state index is 12.0. The van der Waals surface area contributed by atoms with Crippen LogP contribution in [0.1, 0.15) is 43.6 Å². The number of hydrogen-bond acceptors (Lipinski definition) is 4. The average Bonchev–Trinajstić information content (AvgIpc) is 3.06. The number of methoxy groups -OCH3 is 1. The molecule has 0 bridgehead atoms. The minimum Gasteiger partial charge on any atom is -0.497 e. The average molecular weight is 352 g/mol. The van der Waals surface area contributed by atoms with Gasteiger partial charge < -0.3 is 14.0 Å². The van der Waals surface area contributed by atoms with Crippen LogP contribution in [0.4, 0.5) is 0 Å². The van der Waals surface area contributed by atoms with E-state index in [1.165, 1.54) is 0 Å². The van der Waals surface area contributed by atoms with Crippen molar-refractivity contribution < 1.29 is 14.3 Å². The highest BCUT2D eigenvalue weighted by atomic mass is 16.5. The van der Waals surface area contributed by atoms with Crippen LogP contribution < -0.4 is 4.74 Å². The largest absolute Gasteiger partial charge is 0.497 e. The first kappa shape index (κ1) is 18.0. The minimum atomic E-state index is -0.321. The Morgan fingerprint density at radius 2 is 1.88 bits per heavy atom. The molecule has 0 spiro atoms. The molecule has 5 nitrogen and oxygen atoms in total. The third kappa shape index (κ3) is 3.29. The number of nitrogens with zero attached hydrogens (tertiary/aromatic N) is 2. The van der Waals surface area contributed by atoms with E-state index in [9.17, 15) is 4.79 Å². The molecule has 26 heavy (non-hydrogen) atoms. The summed E-state index contributed by atoms with van der Waals surface area (Å²) in [6.45, 7) is 6.49. The van der Waals surface area contributed by atoms with Crippen LogP contribution in [-0.2, 0) is 4.74 Å². The molecule has 0 amide bonds. The topological polar surface area (TPSA) is 53.4 Å². The molecule has 0 saturated carbocycles. The third-order valence-corrected chi connectivity index (χ3v) is 4.58. The molecule has 1 heterocycles. The highest BCUT2D eigenvalue weighted by Gasteiger charge is 2.18. The summed E-state index contributed by atoms with van der Waals surface area (Å²) < 4.78 is 12.6. The molecule has 0 aliphatic heterocycles. The van der Waals surface area contributed by atoms with E-state index in [-0.39, 0.29) is 12.0 Å². The van der Waals surface area contributed by atoms with Gasteiger partial charge in [0.25, 0.3) is 0 Å². The molecule has 0 aliphatic rings. The van der Waals surface area contributed by atoms with Crippen LogP contribution in [0.5, 0.6) is 5.75 Å². The highest BCUT2D eigenvalue weighted by molar-refractivity contribution is 5.94. The lowest BCUT2D eigenvalue weighted by Gasteiger charge is -2.16. The van der Waals surface area contributed by atoms with Crippen molar-refractivity contribution in [2.45, 2.75) is 33.2 Å². The van der Waals surface area contributed by atoms with E-state index in [1.54, 1.807) is 26.2 Å². The molecule has 0 saturated heterocycles. The molecule has 0 fully saturated rings. The number of esters is 1. The van der Waals surface area contributed by atoms with E-state index in [2.05, 4.69) is 18.4 Å². The second kappa shape index (κ2) is 7.60. The van der Waals surface area contributed by atoms with Crippen LogP contribution >= 0.6 is 0 Å². The van der Waals surface area contributed by atoms with Gasteiger partial charge >= 0.3 is 5.97 Å². The van der Waals surface area contributed by atoms with E-state index >= 15 is 0 Å². The number of fused-ring (bicyclic) bond motifs is 1. The molecule has 1 atom stereocenters. The summed E-state index contributed by atoms with van der Waals surface area (Å²) in [6, 6.07) is 13.7. The van der Waals surface area contributed by atoms with Crippen molar-refractivity contribution in [3.8, 4) is 17.1 Å². The zero-order chi connectivity index (χ0) is 18.7. The minimum absolute atomic E-state index is 0.283. The summed E-state index contributed by atoms with van der Waals surface area (Å²) in [5.74, 6) is 1.38. The number of hydrogen-bond donors (Lipinski definition) is 0. The van der Waals surface area contributed by atoms with Crippen LogP contribution in [-0.4, -0.2) is 29.2 Å². The van der Waals surface area contributed by atoms with Gasteiger partial charge in [-0.3, -0.25) is 0 Å². The molecule has 0 aliphatic carbocycles. The zero-order valence-corrected chi connectivity index (χ0v) is 15.7. The number of imidazole rings is 1. The maximum atomic E-state index is 12.0. The summed E-state index contributed by atoms with van der Waals surface area (Å²) in [5, 5.41) is 0. The van der Waals surface area contributed by atoms with E-state index in [1.807, 2.05) is 30.3 Å². The first-order valence-corrected chi connectivity index (χ1v) is 8.92. The van der Waals surface area contributed by atoms with Crippen molar-refractivity contribution in [2.24, 2.45) is 0 Å². The van der Waals surface area contributed by atoms with Crippen molar-refractivity contribution in [1.29, 1.82) is 0 Å². The Hall–Kier alpha value is -2.82. The van der Waals surface area contributed by atoms with Gasteiger partial charge in [0.15, 0.2) is 0 Å². The quantitative estimate of drug-likeness (QED) is 0.595. The second-order valence-corrected chi connectivity index (χ2v) is 6.22. The van der Waals surface area contributed by atoms with E-state index in [4.69, 9.17) is 14.5 Å². The van der Waals surface area contributed by atoms with Crippen LogP contribution in [0.3, 0.4) is 0 Å². The number of rotatable bonds is 6. The summed E-state index contributed by atoms with van der Waals surface area (Å²) in [6.07, 6.45) is 0.980. The molecule has 1 unspecified atom stereocenters. The van der Waals surface area contributed by atoms with Crippen LogP contribution in [0.2, 0.25) is 0 Å². The Kier molecular flexibility index (Phi) is 5.26. The van der Waals surface area contributed by atoms with Crippen LogP contribution in [0, 0.1) is 0 Å². The molecule has 0 radical (unpaired) electrons. The zero-order valence-electron chi connectivity index (χ0n) is 15.7. The van der Waals surface area contributed by atoms with Crippen LogP contribution in [0.25, 0.3) is 22.4 Å². The van der Waals surface area contributed by atoms with Gasteiger partial charge in [0.2, 0.25) is 0 Å². The summed E-state index contributed by atoms with van der Waals surface area (Å²) in [5.41, 5.74) is 3.34. The lowest BCUT2D eigenvalue weighted by molar-refractivity contribution is 0.0526. The Bertz CT molecular complexity index is 913. The Morgan fingerprint density at radius 3 is 2.50 bits per heavy atom. The van der Waals surface area contributed by atoms with E-state index in [0.717, 1.165) is 34.6 Å². The fourth-order valence-corrected chi connectivity index (χ4v) is 3.01. The molecular weight excluding hydrogens is 328 g/mol. The number of aromatic nitrogens is 2. The van der Waals surface area contributed by atoms with Crippen molar-refractivity contribution in [3.63, 3.8) is 0 Å². The SMILES string of the molecule is CCOC(=O)c1ccc2c(c1)nc(-c1ccc(OC)cc1)n2C(C)CC. The summed E-state index contributed by atoms with van der Waals surface area (Å²) in [7, 11) is 1.65. The van der Waals surface area contributed by atoms with Crippen molar-refractivity contribution in [3.05, 3.63) is 48.0 Å². The smallest absolute Gasteiger partial charge is 0.338 e. The van der Waals surface area contributed by atoms with Gasteiger partial charge in [-0.25, -0.2) is 9.78 Å². The van der Waals surface area contributed by atoms with E-state index in [0.29, 0.717) is 12.2 Å². The monoisotopic (exact) mass is 352 g/mol. The van der Waals surface area contributed by atoms with Crippen molar-refractivity contribution >= 4 is 17.0 Å². The number of carbonyl (C=O) groups excluding carboxylic acids is 1. The van der Waals surface area contributed by atoms with Crippen molar-refractivity contribution in [1.82, 2.24) is 9.55 Å². The van der Waals surface area contributed by atoms with Gasteiger partial charge in [-0.1, -0.05) is 6.92 Å². The Balaban J connectivity index is 2.15. The molecular formula is C21H24N2O3. The Labute approximate surface area is 153 Å². The molecule has 3 rings (SSSR count). The van der Waals surface area contributed by atoms with Gasteiger partial charge in [0, 0.05) is 11.6 Å². The van der Waals surface area contributed by atoms with Crippen LogP contribution in [0.15, 0.2) is 42.5 Å². The standard InChI is InChI=1S/C21H24N2O3/c1-5-14(3)23-19-12-9-16(21(24)26-6-2)13-18(19)22-20(23)15-7-10-17(25-4)11-8-15/h7-14H,5-6H2,1-4H3. The predicted molar refractivity (Wildman–Crippen MR) is 103 cm³/mol. The summed E-state index contributed by atoms with van der Waals surface area (Å²) >= 11 is 0. The molecule has 136 valence electrons. The predicted octanol–water partition coefficient (Wildman–Crippen LogP) is 4.86. The van der Waals surface area contributed by atoms with Gasteiger partial charge in [0.05, 0.1) is 30.3 Å². The second-order valence-electron chi connectivity index (χ2n) is 6.22. The fourth-order valence-electron chi connectivity index (χ4n) is 3.01. The van der Waals surface area contributed by atoms with Gasteiger partial charge in [-0.05, 0) is 62.7 Å². The summed E-state index contributed by atoms with van der Waals surface area (Å²) in [4.78, 5) is 16.9. The lowest BCUT2D eigenvalue weighted by atomic mass is 10.1. The first-order chi connectivity index (χ1) is 12.6. The Morgan fingerprint density at radius 1 is 1.15 bits per heavy atom. The molecule has 2 aromatic carbocycles. The first-order valence-electron chi connectivity index (χ1n) is 8.92. The fraction of sp³-hybridized carbons (Fsp3) is 0.333. The molecule has 5 heteroatoms. The van der Waals surface area contributed by atoms with Gasteiger partial charge in [-0.2, -0.15) is 0 Å². The number of carbonyl (C=O) groups is 1. The number of benzene rings is 2. The molecule has 3 aromatic rings. The lowest BCUT2D eigenvalue weighted by Crippen LogP contribution is -2.06. The van der Waals surface area contributed by atoms with Gasteiger partial charge in [0.1, 0.15) is 11.6 Å². The normalized spacial score (nSPS) is 12.2. The molecule has 0 N–H and O–H groups in total. The van der Waals surface area contributed by atoms with Crippen molar-refractivity contribution in [2.75, 3.05) is 13.7 Å². The number of ether oxygens (including phenoxy) is 2. The highest BCUT2D eigenvalue weighted by Crippen LogP contribution is 2.31. The maximum Gasteiger partial charge on any atom is 0.338 e.